The zero-order valence-corrected chi connectivity index (χ0v) is 8.93. The number of rotatable bonds is 3. The van der Waals surface area contributed by atoms with Crippen LogP contribution in [0.3, 0.4) is 0 Å². The Balaban J connectivity index is 2.95. The average Bonchev–Trinajstić information content (AvgIpc) is 2.13. The maximum absolute atomic E-state index is 3.99. The molecule has 0 nitrogen and oxygen atoms in total. The summed E-state index contributed by atoms with van der Waals surface area (Å²) in [5, 5.41) is 0. The molecule has 13 heavy (non-hydrogen) atoms. The molecule has 1 aromatic carbocycles. The molecule has 0 aliphatic heterocycles. The molecular weight excluding hydrogens is 156 g/mol. The summed E-state index contributed by atoms with van der Waals surface area (Å²) in [5.74, 6) is 0.638. The van der Waals surface area contributed by atoms with Gasteiger partial charge < -0.3 is 0 Å². The third-order valence-electron chi connectivity index (χ3n) is 2.84. The van der Waals surface area contributed by atoms with Crippen molar-refractivity contribution in [1.29, 1.82) is 0 Å². The van der Waals surface area contributed by atoms with Gasteiger partial charge in [-0.05, 0) is 49.3 Å². The minimum Gasteiger partial charge on any atom is -0.0648 e. The van der Waals surface area contributed by atoms with Gasteiger partial charge in [-0.25, -0.2) is 0 Å². The SMILES string of the molecule is [CH2]CC(CC)c1ccc(C)c(C)c1. The highest BCUT2D eigenvalue weighted by molar-refractivity contribution is 5.31. The second kappa shape index (κ2) is 4.45. The molecule has 1 aromatic rings. The van der Waals surface area contributed by atoms with E-state index in [-0.39, 0.29) is 0 Å². The predicted molar refractivity (Wildman–Crippen MR) is 58.9 cm³/mol. The fourth-order valence-electron chi connectivity index (χ4n) is 1.63. The van der Waals surface area contributed by atoms with E-state index in [4.69, 9.17) is 0 Å². The van der Waals surface area contributed by atoms with E-state index >= 15 is 0 Å². The van der Waals surface area contributed by atoms with Crippen LogP contribution in [0.2, 0.25) is 0 Å². The van der Waals surface area contributed by atoms with Crippen LogP contribution in [0, 0.1) is 20.8 Å². The second-order valence-electron chi connectivity index (χ2n) is 3.74. The molecule has 0 aliphatic rings. The zero-order chi connectivity index (χ0) is 9.84. The summed E-state index contributed by atoms with van der Waals surface area (Å²) in [6, 6.07) is 6.75. The third kappa shape index (κ3) is 2.33. The summed E-state index contributed by atoms with van der Waals surface area (Å²) < 4.78 is 0. The minimum absolute atomic E-state index is 0.638. The standard InChI is InChI=1S/C13H19/c1-5-12(6-2)13-8-7-10(3)11(4)9-13/h7-9,12H,1,5-6H2,2-4H3. The zero-order valence-electron chi connectivity index (χ0n) is 8.93. The monoisotopic (exact) mass is 175 g/mol. The lowest BCUT2D eigenvalue weighted by atomic mass is 9.92. The molecule has 0 heteroatoms. The number of benzene rings is 1. The topological polar surface area (TPSA) is 0 Å². The van der Waals surface area contributed by atoms with Crippen LogP contribution in [-0.2, 0) is 0 Å². The van der Waals surface area contributed by atoms with Gasteiger partial charge in [0.15, 0.2) is 0 Å². The lowest BCUT2D eigenvalue weighted by Crippen LogP contribution is -1.96. The highest BCUT2D eigenvalue weighted by atomic mass is 14.1. The fraction of sp³-hybridized carbons (Fsp3) is 0.462. The van der Waals surface area contributed by atoms with E-state index in [1.165, 1.54) is 23.1 Å². The Kier molecular flexibility index (Phi) is 3.53. The Labute approximate surface area is 82.0 Å². The van der Waals surface area contributed by atoms with Crippen molar-refractivity contribution in [2.45, 2.75) is 39.5 Å². The molecule has 0 aliphatic carbocycles. The van der Waals surface area contributed by atoms with Gasteiger partial charge in [0.05, 0.1) is 0 Å². The summed E-state index contributed by atoms with van der Waals surface area (Å²) in [7, 11) is 0. The smallest absolute Gasteiger partial charge is 0.0164 e. The first-order chi connectivity index (χ1) is 6.19. The summed E-state index contributed by atoms with van der Waals surface area (Å²) in [6.45, 7) is 10.5. The van der Waals surface area contributed by atoms with Gasteiger partial charge >= 0.3 is 0 Å². The summed E-state index contributed by atoms with van der Waals surface area (Å²) in [6.07, 6.45) is 2.19. The molecule has 0 saturated heterocycles. The molecule has 0 fully saturated rings. The van der Waals surface area contributed by atoms with Crippen LogP contribution >= 0.6 is 0 Å². The third-order valence-corrected chi connectivity index (χ3v) is 2.84. The van der Waals surface area contributed by atoms with Crippen molar-refractivity contribution >= 4 is 0 Å². The largest absolute Gasteiger partial charge is 0.0648 e. The van der Waals surface area contributed by atoms with E-state index in [0.717, 1.165) is 6.42 Å². The van der Waals surface area contributed by atoms with Crippen molar-refractivity contribution < 1.29 is 0 Å². The first-order valence-electron chi connectivity index (χ1n) is 5.05. The van der Waals surface area contributed by atoms with Crippen LogP contribution in [0.1, 0.15) is 42.4 Å². The Morgan fingerprint density at radius 3 is 2.38 bits per heavy atom. The molecule has 1 atom stereocenters. The van der Waals surface area contributed by atoms with Crippen LogP contribution in [0.25, 0.3) is 0 Å². The molecule has 1 unspecified atom stereocenters. The minimum atomic E-state index is 0.638. The Morgan fingerprint density at radius 2 is 1.92 bits per heavy atom. The van der Waals surface area contributed by atoms with Gasteiger partial charge in [0, 0.05) is 0 Å². The maximum Gasteiger partial charge on any atom is -0.0164 e. The molecule has 0 heterocycles. The lowest BCUT2D eigenvalue weighted by Gasteiger charge is -2.14. The van der Waals surface area contributed by atoms with Crippen molar-refractivity contribution in [3.8, 4) is 0 Å². The highest BCUT2D eigenvalue weighted by Gasteiger charge is 2.06. The highest BCUT2D eigenvalue weighted by Crippen LogP contribution is 2.24. The van der Waals surface area contributed by atoms with E-state index in [1.807, 2.05) is 0 Å². The molecule has 1 rings (SSSR count). The van der Waals surface area contributed by atoms with Gasteiger partial charge in [0.25, 0.3) is 0 Å². The Bertz CT molecular complexity index is 269. The van der Waals surface area contributed by atoms with Crippen molar-refractivity contribution in [2.24, 2.45) is 0 Å². The van der Waals surface area contributed by atoms with Crippen molar-refractivity contribution in [2.75, 3.05) is 0 Å². The normalized spacial score (nSPS) is 10.8. The Hall–Kier alpha value is -0.780. The summed E-state index contributed by atoms with van der Waals surface area (Å²) in [4.78, 5) is 0. The van der Waals surface area contributed by atoms with Gasteiger partial charge in [-0.15, -0.1) is 0 Å². The van der Waals surface area contributed by atoms with E-state index in [2.05, 4.69) is 45.9 Å². The molecule has 0 spiro atoms. The molecule has 0 aromatic heterocycles. The van der Waals surface area contributed by atoms with Crippen LogP contribution in [0.5, 0.6) is 0 Å². The van der Waals surface area contributed by atoms with Crippen LogP contribution < -0.4 is 0 Å². The average molecular weight is 175 g/mol. The first kappa shape index (κ1) is 10.3. The number of hydrogen-bond acceptors (Lipinski definition) is 0. The van der Waals surface area contributed by atoms with Crippen molar-refractivity contribution in [1.82, 2.24) is 0 Å². The Morgan fingerprint density at radius 1 is 1.23 bits per heavy atom. The summed E-state index contributed by atoms with van der Waals surface area (Å²) in [5.41, 5.74) is 4.22. The quantitative estimate of drug-likeness (QED) is 0.651. The van der Waals surface area contributed by atoms with E-state index in [0.29, 0.717) is 5.92 Å². The maximum atomic E-state index is 3.99. The molecule has 0 bridgehead atoms. The number of aryl methyl sites for hydroxylation is 2. The van der Waals surface area contributed by atoms with Gasteiger partial charge in [-0.3, -0.25) is 0 Å². The van der Waals surface area contributed by atoms with Gasteiger partial charge in [0.1, 0.15) is 0 Å². The molecule has 1 radical (unpaired) electrons. The van der Waals surface area contributed by atoms with Crippen LogP contribution in [0.15, 0.2) is 18.2 Å². The van der Waals surface area contributed by atoms with Crippen molar-refractivity contribution in [3.05, 3.63) is 41.8 Å². The molecule has 0 N–H and O–H groups in total. The molecular formula is C13H19. The van der Waals surface area contributed by atoms with Gasteiger partial charge in [0.2, 0.25) is 0 Å². The molecule has 0 amide bonds. The van der Waals surface area contributed by atoms with Gasteiger partial charge in [-0.2, -0.15) is 0 Å². The van der Waals surface area contributed by atoms with Crippen molar-refractivity contribution in [3.63, 3.8) is 0 Å². The lowest BCUT2D eigenvalue weighted by molar-refractivity contribution is 0.672. The predicted octanol–water partition coefficient (Wildman–Crippen LogP) is 4.02. The molecule has 71 valence electrons. The van der Waals surface area contributed by atoms with E-state index in [1.54, 1.807) is 0 Å². The summed E-state index contributed by atoms with van der Waals surface area (Å²) >= 11 is 0. The van der Waals surface area contributed by atoms with Crippen LogP contribution in [-0.4, -0.2) is 0 Å². The fourth-order valence-corrected chi connectivity index (χ4v) is 1.63. The van der Waals surface area contributed by atoms with E-state index < -0.39 is 0 Å². The van der Waals surface area contributed by atoms with E-state index in [9.17, 15) is 0 Å². The van der Waals surface area contributed by atoms with Crippen LogP contribution in [0.4, 0.5) is 0 Å². The first-order valence-corrected chi connectivity index (χ1v) is 5.05. The number of hydrogen-bond donors (Lipinski definition) is 0. The van der Waals surface area contributed by atoms with Gasteiger partial charge in [-0.1, -0.05) is 32.0 Å². The second-order valence-corrected chi connectivity index (χ2v) is 3.74. The molecule has 0 saturated carbocycles.